The number of hydrogen-bond acceptors (Lipinski definition) is 4. The van der Waals surface area contributed by atoms with Gasteiger partial charge in [0.2, 0.25) is 0 Å². The van der Waals surface area contributed by atoms with E-state index in [9.17, 15) is 22.8 Å². The van der Waals surface area contributed by atoms with Crippen LogP contribution < -0.4 is 14.8 Å². The van der Waals surface area contributed by atoms with E-state index >= 15 is 0 Å². The lowest BCUT2D eigenvalue weighted by molar-refractivity contribution is -0.966. The van der Waals surface area contributed by atoms with Gasteiger partial charge < -0.3 is 19.3 Å². The second-order valence-electron chi connectivity index (χ2n) is 14.3. The molecule has 1 N–H and O–H groups in total. The topological polar surface area (TPSA) is 64.6 Å². The molecule has 2 bridgehead atoms. The number of rotatable bonds is 6. The van der Waals surface area contributed by atoms with Crippen molar-refractivity contribution in [2.75, 3.05) is 19.6 Å². The number of piperidine rings is 1. The molecule has 0 aromatic heterocycles. The molecule has 2 aromatic rings. The SMILES string of the molecule is CC(=O)Oc1ccc2c3c1C[C@@H]1[C@@H]4CC[C@@H](NC(=O)C#Cc5ccc(C(F)(F)F)cc5)[C@H](O2)[C@]34CC[N+]1(CC(C)C)CC1CC1. The van der Waals surface area contributed by atoms with Crippen LogP contribution in [0.1, 0.15) is 75.1 Å². The highest BCUT2D eigenvalue weighted by Gasteiger charge is 2.70. The molecule has 3 aliphatic carbocycles. The second-order valence-corrected chi connectivity index (χ2v) is 14.3. The van der Waals surface area contributed by atoms with Gasteiger partial charge in [0.05, 0.1) is 42.7 Å². The monoisotopic (exact) mass is 621 g/mol. The molecule has 1 spiro atoms. The number of nitrogens with one attached hydrogen (secondary N) is 1. The van der Waals surface area contributed by atoms with Gasteiger partial charge in [0, 0.05) is 60.1 Å². The number of nitrogens with zero attached hydrogens (tertiary/aromatic N) is 1. The highest BCUT2D eigenvalue weighted by atomic mass is 19.4. The number of likely N-dealkylation sites (tertiary alicyclic amines) is 1. The normalized spacial score (nSPS) is 30.9. The number of carbonyl (C=O) groups excluding carboxylic acids is 2. The molecule has 6 atom stereocenters. The van der Waals surface area contributed by atoms with Crippen LogP contribution in [0.15, 0.2) is 36.4 Å². The first-order chi connectivity index (χ1) is 21.4. The van der Waals surface area contributed by atoms with Crippen molar-refractivity contribution in [2.24, 2.45) is 17.8 Å². The lowest BCUT2D eigenvalue weighted by Crippen LogP contribution is -2.75. The minimum absolute atomic E-state index is 0.277. The van der Waals surface area contributed by atoms with E-state index in [0.29, 0.717) is 29.2 Å². The van der Waals surface area contributed by atoms with E-state index in [4.69, 9.17) is 9.47 Å². The van der Waals surface area contributed by atoms with Crippen LogP contribution in [-0.2, 0) is 27.6 Å². The lowest BCUT2D eigenvalue weighted by Gasteiger charge is -2.63. The van der Waals surface area contributed by atoms with Gasteiger partial charge in [0.1, 0.15) is 17.6 Å². The Morgan fingerprint density at radius 1 is 1.11 bits per heavy atom. The van der Waals surface area contributed by atoms with Crippen molar-refractivity contribution in [1.82, 2.24) is 5.32 Å². The van der Waals surface area contributed by atoms with Crippen molar-refractivity contribution in [2.45, 2.75) is 89.1 Å². The number of amides is 1. The van der Waals surface area contributed by atoms with Crippen LogP contribution in [0.5, 0.6) is 11.5 Å². The van der Waals surface area contributed by atoms with E-state index in [1.807, 2.05) is 12.1 Å². The van der Waals surface area contributed by atoms with Crippen molar-refractivity contribution in [3.05, 3.63) is 58.7 Å². The molecule has 0 radical (unpaired) electrons. The summed E-state index contributed by atoms with van der Waals surface area (Å²) in [5.74, 6) is 7.63. The number of halogens is 3. The van der Waals surface area contributed by atoms with Crippen LogP contribution in [0, 0.1) is 29.6 Å². The smallest absolute Gasteiger partial charge is 0.416 e. The van der Waals surface area contributed by atoms with Crippen molar-refractivity contribution >= 4 is 11.9 Å². The third kappa shape index (κ3) is 5.19. The summed E-state index contributed by atoms with van der Waals surface area (Å²) < 4.78 is 52.5. The molecule has 6 nitrogen and oxygen atoms in total. The molecule has 3 fully saturated rings. The van der Waals surface area contributed by atoms with Gasteiger partial charge >= 0.3 is 12.1 Å². The maximum atomic E-state index is 13.2. The molecule has 1 unspecified atom stereocenters. The number of esters is 1. The van der Waals surface area contributed by atoms with Gasteiger partial charge in [0.15, 0.2) is 0 Å². The third-order valence-electron chi connectivity index (χ3n) is 11.0. The minimum atomic E-state index is -4.43. The zero-order chi connectivity index (χ0) is 31.7. The molecule has 7 rings (SSSR count). The summed E-state index contributed by atoms with van der Waals surface area (Å²) in [7, 11) is 0. The maximum absolute atomic E-state index is 13.2. The van der Waals surface area contributed by atoms with Crippen LogP contribution in [0.3, 0.4) is 0 Å². The number of quaternary nitrogens is 1. The van der Waals surface area contributed by atoms with Crippen LogP contribution >= 0.6 is 0 Å². The molecular formula is C36H40F3N2O4+. The van der Waals surface area contributed by atoms with Crippen LogP contribution in [0.25, 0.3) is 0 Å². The summed E-state index contributed by atoms with van der Waals surface area (Å²) in [6.45, 7) is 9.44. The Kier molecular flexibility index (Phi) is 7.23. The first-order valence-corrected chi connectivity index (χ1v) is 16.3. The van der Waals surface area contributed by atoms with E-state index in [1.165, 1.54) is 38.4 Å². The number of hydrogen-bond donors (Lipinski definition) is 1. The molecular weight excluding hydrogens is 581 g/mol. The summed E-state index contributed by atoms with van der Waals surface area (Å²) in [4.78, 5) is 25.3. The Bertz CT molecular complexity index is 1580. The Labute approximate surface area is 262 Å². The quantitative estimate of drug-likeness (QED) is 0.192. The van der Waals surface area contributed by atoms with Crippen molar-refractivity contribution in [3.8, 4) is 23.3 Å². The molecule has 2 heterocycles. The Morgan fingerprint density at radius 3 is 2.53 bits per heavy atom. The largest absolute Gasteiger partial charge is 0.487 e. The molecule has 9 heteroatoms. The average molecular weight is 622 g/mol. The molecule has 2 aliphatic heterocycles. The van der Waals surface area contributed by atoms with Crippen molar-refractivity contribution in [1.29, 1.82) is 0 Å². The minimum Gasteiger partial charge on any atom is -0.487 e. The Hall–Kier alpha value is -3.51. The molecule has 2 saturated carbocycles. The van der Waals surface area contributed by atoms with Crippen LogP contribution in [0.4, 0.5) is 13.2 Å². The van der Waals surface area contributed by atoms with Gasteiger partial charge in [-0.2, -0.15) is 13.2 Å². The van der Waals surface area contributed by atoms with Crippen molar-refractivity contribution in [3.63, 3.8) is 0 Å². The van der Waals surface area contributed by atoms with E-state index in [2.05, 4.69) is 31.0 Å². The third-order valence-corrected chi connectivity index (χ3v) is 11.0. The summed E-state index contributed by atoms with van der Waals surface area (Å²) in [5, 5.41) is 3.13. The maximum Gasteiger partial charge on any atom is 0.416 e. The van der Waals surface area contributed by atoms with E-state index in [1.54, 1.807) is 0 Å². The number of benzene rings is 2. The summed E-state index contributed by atoms with van der Waals surface area (Å²) in [6.07, 6.45) is 1.38. The van der Waals surface area contributed by atoms with Gasteiger partial charge in [-0.15, -0.1) is 0 Å². The van der Waals surface area contributed by atoms with E-state index in [-0.39, 0.29) is 23.5 Å². The first kappa shape index (κ1) is 30.2. The Morgan fingerprint density at radius 2 is 1.87 bits per heavy atom. The summed E-state index contributed by atoms with van der Waals surface area (Å²) >= 11 is 0. The van der Waals surface area contributed by atoms with Crippen molar-refractivity contribution < 1.29 is 36.7 Å². The molecule has 1 amide bonds. The highest BCUT2D eigenvalue weighted by Crippen LogP contribution is 2.65. The fourth-order valence-electron chi connectivity index (χ4n) is 9.44. The second kappa shape index (κ2) is 10.8. The average Bonchev–Trinajstić information content (AvgIpc) is 3.72. The molecule has 45 heavy (non-hydrogen) atoms. The Balaban J connectivity index is 1.22. The summed E-state index contributed by atoms with van der Waals surface area (Å²) in [5.41, 5.74) is 1.53. The van der Waals surface area contributed by atoms with Gasteiger partial charge in [-0.1, -0.05) is 19.8 Å². The van der Waals surface area contributed by atoms with Gasteiger partial charge in [-0.05, 0) is 62.1 Å². The summed E-state index contributed by atoms with van der Waals surface area (Å²) in [6, 6.07) is 8.37. The van der Waals surface area contributed by atoms with Crippen LogP contribution in [0.2, 0.25) is 0 Å². The zero-order valence-electron chi connectivity index (χ0n) is 26.0. The number of alkyl halides is 3. The van der Waals surface area contributed by atoms with E-state index < -0.39 is 17.6 Å². The molecule has 238 valence electrons. The highest BCUT2D eigenvalue weighted by molar-refractivity contribution is 5.94. The first-order valence-electron chi connectivity index (χ1n) is 16.3. The van der Waals surface area contributed by atoms with Gasteiger partial charge in [0.25, 0.3) is 5.91 Å². The van der Waals surface area contributed by atoms with Crippen LogP contribution in [-0.4, -0.2) is 54.2 Å². The molecule has 5 aliphatic rings. The standard InChI is InChI=1S/C36H39F3N2O4/c1-21(2)19-41(20-24-4-5-24)17-16-35-27-11-12-28(40-32(43)15-8-23-6-9-25(10-7-23)36(37,38)39)34(35)45-31-14-13-30(44-22(3)42)26(33(31)35)18-29(27)41/h6-7,9-10,13-14,21,24,27-29,34H,4-5,11-12,16-20H2,1-3H3/p+1/t27-,28+,29+,34-,35-,41?/m0/s1. The fraction of sp³-hybridized carbons (Fsp3) is 0.556. The molecule has 1 saturated heterocycles. The predicted molar refractivity (Wildman–Crippen MR) is 161 cm³/mol. The fourth-order valence-corrected chi connectivity index (χ4v) is 9.44. The van der Waals surface area contributed by atoms with E-state index in [0.717, 1.165) is 78.2 Å². The van der Waals surface area contributed by atoms with Gasteiger partial charge in [-0.3, -0.25) is 9.59 Å². The predicted octanol–water partition coefficient (Wildman–Crippen LogP) is 5.79. The lowest BCUT2D eigenvalue weighted by atomic mass is 9.50. The number of carbonyl (C=O) groups is 2. The number of ether oxygens (including phenoxy) is 2. The zero-order valence-corrected chi connectivity index (χ0v) is 26.0. The van der Waals surface area contributed by atoms with Gasteiger partial charge in [-0.25, -0.2) is 0 Å². The molecule has 2 aromatic carbocycles.